The largest absolute Gasteiger partial charge is 0.493 e. The maximum Gasteiger partial charge on any atom is 0.289 e. The molecule has 0 N–H and O–H groups in total. The number of benzene rings is 2. The molecule has 0 spiro atoms. The number of anilines is 1. The first-order valence-electron chi connectivity index (χ1n) is 12.4. The second-order valence-corrected chi connectivity index (χ2v) is 9.41. The van der Waals surface area contributed by atoms with E-state index in [1.54, 1.807) is 18.2 Å². The number of rotatable bonds is 7. The van der Waals surface area contributed by atoms with Crippen molar-refractivity contribution in [3.63, 3.8) is 0 Å². The molecule has 3 heterocycles. The lowest BCUT2D eigenvalue weighted by Crippen LogP contribution is -2.46. The molecule has 2 aliphatic rings. The van der Waals surface area contributed by atoms with Crippen molar-refractivity contribution in [2.24, 2.45) is 5.92 Å². The number of nitrogens with zero attached hydrogens (tertiary/aromatic N) is 3. The van der Waals surface area contributed by atoms with E-state index in [2.05, 4.69) is 21.9 Å². The van der Waals surface area contributed by atoms with Crippen LogP contribution in [0, 0.1) is 11.7 Å². The van der Waals surface area contributed by atoms with Crippen molar-refractivity contribution in [1.29, 1.82) is 0 Å². The minimum Gasteiger partial charge on any atom is -0.493 e. The van der Waals surface area contributed by atoms with Crippen molar-refractivity contribution in [3.8, 4) is 5.75 Å². The number of hydrogen-bond acceptors (Lipinski definition) is 5. The van der Waals surface area contributed by atoms with Crippen molar-refractivity contribution >= 4 is 11.6 Å². The highest BCUT2D eigenvalue weighted by Gasteiger charge is 2.26. The van der Waals surface area contributed by atoms with Crippen LogP contribution in [0.4, 0.5) is 10.1 Å². The molecule has 6 nitrogen and oxygen atoms in total. The molecule has 7 heteroatoms. The van der Waals surface area contributed by atoms with Gasteiger partial charge in [0.25, 0.3) is 5.91 Å². The molecule has 3 aromatic rings. The summed E-state index contributed by atoms with van der Waals surface area (Å²) in [4.78, 5) is 19.0. The van der Waals surface area contributed by atoms with E-state index in [4.69, 9.17) is 9.15 Å². The van der Waals surface area contributed by atoms with Gasteiger partial charge in [-0.1, -0.05) is 24.3 Å². The van der Waals surface area contributed by atoms with Crippen LogP contribution in [0.25, 0.3) is 0 Å². The summed E-state index contributed by atoms with van der Waals surface area (Å²) in [7, 11) is 0. The number of carbonyl (C=O) groups is 1. The maximum atomic E-state index is 14.1. The van der Waals surface area contributed by atoms with E-state index in [0.717, 1.165) is 57.9 Å². The lowest BCUT2D eigenvalue weighted by Gasteiger charge is -2.36. The second kappa shape index (κ2) is 11.0. The molecule has 2 fully saturated rings. The van der Waals surface area contributed by atoms with Crippen LogP contribution in [-0.2, 0) is 6.54 Å². The fourth-order valence-electron chi connectivity index (χ4n) is 5.00. The topological polar surface area (TPSA) is 49.2 Å². The molecule has 0 radical (unpaired) electrons. The maximum absolute atomic E-state index is 14.1. The number of piperazine rings is 1. The van der Waals surface area contributed by atoms with E-state index >= 15 is 0 Å². The molecule has 2 aromatic carbocycles. The van der Waals surface area contributed by atoms with Crippen LogP contribution in [0.15, 0.2) is 71.3 Å². The van der Waals surface area contributed by atoms with Gasteiger partial charge in [0, 0.05) is 51.7 Å². The Kier molecular flexibility index (Phi) is 7.33. The molecule has 184 valence electrons. The van der Waals surface area contributed by atoms with Crippen molar-refractivity contribution in [2.45, 2.75) is 19.4 Å². The molecule has 0 bridgehead atoms. The first-order valence-corrected chi connectivity index (χ1v) is 12.4. The minimum atomic E-state index is -0.155. The summed E-state index contributed by atoms with van der Waals surface area (Å²) in [5.74, 6) is 1.36. The number of carbonyl (C=O) groups excluding carboxylic acids is 1. The molecular weight excluding hydrogens is 445 g/mol. The highest BCUT2D eigenvalue weighted by atomic mass is 19.1. The third kappa shape index (κ3) is 5.85. The zero-order chi connectivity index (χ0) is 24.0. The minimum absolute atomic E-state index is 0.0446. The van der Waals surface area contributed by atoms with Crippen LogP contribution in [0.5, 0.6) is 5.75 Å². The molecule has 5 rings (SSSR count). The van der Waals surface area contributed by atoms with Crippen molar-refractivity contribution in [3.05, 3.63) is 84.1 Å². The molecule has 2 saturated heterocycles. The molecule has 2 aliphatic heterocycles. The van der Waals surface area contributed by atoms with Gasteiger partial charge in [-0.25, -0.2) is 4.39 Å². The highest BCUT2D eigenvalue weighted by molar-refractivity contribution is 5.91. The average Bonchev–Trinajstić information content (AvgIpc) is 3.44. The molecule has 0 aliphatic carbocycles. The van der Waals surface area contributed by atoms with E-state index in [9.17, 15) is 9.18 Å². The Hall–Kier alpha value is -3.32. The Bertz CT molecular complexity index is 1110. The Balaban J connectivity index is 1.10. The fraction of sp³-hybridized carbons (Fsp3) is 0.393. The van der Waals surface area contributed by atoms with Crippen LogP contribution < -0.4 is 9.64 Å². The zero-order valence-corrected chi connectivity index (χ0v) is 19.9. The highest BCUT2D eigenvalue weighted by Crippen LogP contribution is 2.23. The Labute approximate surface area is 205 Å². The van der Waals surface area contributed by atoms with Gasteiger partial charge in [-0.05, 0) is 54.8 Å². The number of amides is 1. The third-order valence-corrected chi connectivity index (χ3v) is 6.89. The van der Waals surface area contributed by atoms with Gasteiger partial charge < -0.3 is 19.0 Å². The summed E-state index contributed by atoms with van der Waals surface area (Å²) in [5, 5.41) is 0. The van der Waals surface area contributed by atoms with Gasteiger partial charge in [-0.3, -0.25) is 9.69 Å². The van der Waals surface area contributed by atoms with Crippen LogP contribution in [-0.4, -0.2) is 61.6 Å². The SMILES string of the molecule is O=C(c1ccco1)N1CCC[C@@H](COc2cccc(CN3CCN(c4ccccc4F)CC3)c2)C1. The lowest BCUT2D eigenvalue weighted by atomic mass is 9.98. The summed E-state index contributed by atoms with van der Waals surface area (Å²) >= 11 is 0. The summed E-state index contributed by atoms with van der Waals surface area (Å²) in [6.45, 7) is 6.28. The van der Waals surface area contributed by atoms with Gasteiger partial charge in [0.2, 0.25) is 0 Å². The fourth-order valence-corrected chi connectivity index (χ4v) is 5.00. The van der Waals surface area contributed by atoms with Crippen LogP contribution >= 0.6 is 0 Å². The summed E-state index contributed by atoms with van der Waals surface area (Å²) in [6, 6.07) is 18.7. The van der Waals surface area contributed by atoms with Crippen molar-refractivity contribution in [1.82, 2.24) is 9.80 Å². The number of halogens is 1. The van der Waals surface area contributed by atoms with Crippen molar-refractivity contribution in [2.75, 3.05) is 50.8 Å². The molecule has 0 unspecified atom stereocenters. The van der Waals surface area contributed by atoms with Crippen LogP contribution in [0.1, 0.15) is 29.0 Å². The van der Waals surface area contributed by atoms with E-state index < -0.39 is 0 Å². The predicted octanol–water partition coefficient (Wildman–Crippen LogP) is 4.67. The second-order valence-electron chi connectivity index (χ2n) is 9.41. The third-order valence-electron chi connectivity index (χ3n) is 6.89. The molecular formula is C28H32FN3O3. The normalized spacial score (nSPS) is 19.1. The van der Waals surface area contributed by atoms with Gasteiger partial charge in [0.05, 0.1) is 18.6 Å². The molecule has 1 aromatic heterocycles. The van der Waals surface area contributed by atoms with E-state index in [-0.39, 0.29) is 11.7 Å². The molecule has 1 amide bonds. The predicted molar refractivity (Wildman–Crippen MR) is 133 cm³/mol. The zero-order valence-electron chi connectivity index (χ0n) is 19.9. The Morgan fingerprint density at radius 1 is 1.00 bits per heavy atom. The molecule has 1 atom stereocenters. The number of ether oxygens (including phenoxy) is 1. The summed E-state index contributed by atoms with van der Waals surface area (Å²) < 4.78 is 25.5. The number of hydrogen-bond donors (Lipinski definition) is 0. The quantitative estimate of drug-likeness (QED) is 0.495. The Morgan fingerprint density at radius 3 is 2.66 bits per heavy atom. The molecule has 0 saturated carbocycles. The van der Waals surface area contributed by atoms with Crippen LogP contribution in [0.3, 0.4) is 0 Å². The first kappa shape index (κ1) is 23.4. The average molecular weight is 478 g/mol. The van der Waals surface area contributed by atoms with E-state index in [0.29, 0.717) is 30.5 Å². The summed E-state index contributed by atoms with van der Waals surface area (Å²) in [5.41, 5.74) is 1.90. The van der Waals surface area contributed by atoms with Gasteiger partial charge in [0.1, 0.15) is 11.6 Å². The Morgan fingerprint density at radius 2 is 1.86 bits per heavy atom. The number of likely N-dealkylation sites (tertiary alicyclic amines) is 1. The van der Waals surface area contributed by atoms with E-state index in [1.165, 1.54) is 17.9 Å². The number of piperidine rings is 1. The van der Waals surface area contributed by atoms with Crippen LogP contribution in [0.2, 0.25) is 0 Å². The van der Waals surface area contributed by atoms with Gasteiger partial charge in [-0.15, -0.1) is 0 Å². The van der Waals surface area contributed by atoms with Gasteiger partial charge in [-0.2, -0.15) is 0 Å². The monoisotopic (exact) mass is 477 g/mol. The number of furan rings is 1. The number of para-hydroxylation sites is 1. The first-order chi connectivity index (χ1) is 17.2. The van der Waals surface area contributed by atoms with Crippen molar-refractivity contribution < 1.29 is 18.3 Å². The molecule has 35 heavy (non-hydrogen) atoms. The van der Waals surface area contributed by atoms with Gasteiger partial charge in [0.15, 0.2) is 5.76 Å². The summed E-state index contributed by atoms with van der Waals surface area (Å²) in [6.07, 6.45) is 3.56. The smallest absolute Gasteiger partial charge is 0.289 e. The lowest BCUT2D eigenvalue weighted by molar-refractivity contribution is 0.0602. The van der Waals surface area contributed by atoms with Gasteiger partial charge >= 0.3 is 0 Å². The standard InChI is InChI=1S/C28H32FN3O3/c29-25-9-1-2-10-26(25)31-15-13-30(14-16-31)19-22-6-3-8-24(18-22)35-21-23-7-4-12-32(20-23)28(33)27-11-5-17-34-27/h1-3,5-6,8-11,17-18,23H,4,7,12-16,19-21H2/t23-/m1/s1. The van der Waals surface area contributed by atoms with E-state index in [1.807, 2.05) is 29.2 Å².